The van der Waals surface area contributed by atoms with Crippen LogP contribution in [0.1, 0.15) is 38.5 Å². The first-order valence-electron chi connectivity index (χ1n) is 7.00. The molecule has 5 heteroatoms. The number of benzene rings is 1. The van der Waals surface area contributed by atoms with E-state index in [1.807, 2.05) is 0 Å². The van der Waals surface area contributed by atoms with Crippen molar-refractivity contribution in [2.45, 2.75) is 38.5 Å². The molecule has 0 spiro atoms. The third-order valence-electron chi connectivity index (χ3n) is 4.09. The maximum Gasteiger partial charge on any atom is 0.224 e. The molecular formula is C15H20ClFN2O. The van der Waals surface area contributed by atoms with Gasteiger partial charge in [0.15, 0.2) is 0 Å². The molecule has 0 radical (unpaired) electrons. The smallest absolute Gasteiger partial charge is 0.224 e. The molecule has 2 rings (SSSR count). The Hall–Kier alpha value is -1.13. The topological polar surface area (TPSA) is 55.1 Å². The van der Waals surface area contributed by atoms with E-state index < -0.39 is 5.82 Å². The van der Waals surface area contributed by atoms with Gasteiger partial charge in [-0.15, -0.1) is 0 Å². The van der Waals surface area contributed by atoms with E-state index in [1.54, 1.807) is 6.07 Å². The van der Waals surface area contributed by atoms with Crippen LogP contribution in [0.4, 0.5) is 10.1 Å². The van der Waals surface area contributed by atoms with Crippen LogP contribution in [-0.4, -0.2) is 12.5 Å². The zero-order valence-corrected chi connectivity index (χ0v) is 12.2. The molecule has 0 saturated heterocycles. The van der Waals surface area contributed by atoms with Gasteiger partial charge in [0, 0.05) is 12.1 Å². The number of hydrogen-bond donors (Lipinski definition) is 2. The third kappa shape index (κ3) is 3.70. The summed E-state index contributed by atoms with van der Waals surface area (Å²) in [6, 6.07) is 4.27. The molecule has 1 aliphatic rings. The van der Waals surface area contributed by atoms with Gasteiger partial charge in [-0.2, -0.15) is 0 Å². The van der Waals surface area contributed by atoms with Gasteiger partial charge in [0.25, 0.3) is 0 Å². The van der Waals surface area contributed by atoms with Crippen molar-refractivity contribution in [1.29, 1.82) is 0 Å². The summed E-state index contributed by atoms with van der Waals surface area (Å²) in [6.45, 7) is 0.523. The van der Waals surface area contributed by atoms with E-state index in [1.165, 1.54) is 18.6 Å². The summed E-state index contributed by atoms with van der Waals surface area (Å²) in [5.74, 6) is -0.644. The second kappa shape index (κ2) is 6.55. The molecule has 0 atom stereocenters. The number of rotatable bonds is 4. The lowest BCUT2D eigenvalue weighted by Crippen LogP contribution is -2.36. The molecule has 110 valence electrons. The molecule has 1 fully saturated rings. The Balaban J connectivity index is 1.98. The van der Waals surface area contributed by atoms with Crippen molar-refractivity contribution in [3.63, 3.8) is 0 Å². The summed E-state index contributed by atoms with van der Waals surface area (Å²) >= 11 is 5.61. The summed E-state index contributed by atoms with van der Waals surface area (Å²) in [4.78, 5) is 12.1. The lowest BCUT2D eigenvalue weighted by atomic mass is 9.71. The third-order valence-corrected chi connectivity index (χ3v) is 4.39. The van der Waals surface area contributed by atoms with Gasteiger partial charge in [0.1, 0.15) is 5.82 Å². The van der Waals surface area contributed by atoms with Crippen molar-refractivity contribution in [3.05, 3.63) is 29.0 Å². The van der Waals surface area contributed by atoms with Crippen LogP contribution >= 0.6 is 11.6 Å². The lowest BCUT2D eigenvalue weighted by Gasteiger charge is -2.35. The molecule has 0 unspecified atom stereocenters. The Morgan fingerprint density at radius 2 is 2.05 bits per heavy atom. The van der Waals surface area contributed by atoms with Gasteiger partial charge in [-0.25, -0.2) is 4.39 Å². The summed E-state index contributed by atoms with van der Waals surface area (Å²) in [5.41, 5.74) is 6.21. The van der Waals surface area contributed by atoms with Crippen molar-refractivity contribution in [1.82, 2.24) is 0 Å². The molecule has 1 aromatic rings. The van der Waals surface area contributed by atoms with E-state index >= 15 is 0 Å². The first-order valence-corrected chi connectivity index (χ1v) is 7.37. The second-order valence-electron chi connectivity index (χ2n) is 5.62. The number of carbonyl (C=O) groups is 1. The van der Waals surface area contributed by atoms with E-state index in [0.717, 1.165) is 25.7 Å². The van der Waals surface area contributed by atoms with Crippen LogP contribution in [0.3, 0.4) is 0 Å². The predicted molar refractivity (Wildman–Crippen MR) is 79.2 cm³/mol. The van der Waals surface area contributed by atoms with Crippen LogP contribution in [0.25, 0.3) is 0 Å². The van der Waals surface area contributed by atoms with Gasteiger partial charge in [-0.3, -0.25) is 4.79 Å². The number of hydrogen-bond acceptors (Lipinski definition) is 2. The highest BCUT2D eigenvalue weighted by Crippen LogP contribution is 2.38. The summed E-state index contributed by atoms with van der Waals surface area (Å²) in [7, 11) is 0. The minimum Gasteiger partial charge on any atom is -0.330 e. The van der Waals surface area contributed by atoms with Crippen molar-refractivity contribution in [2.75, 3.05) is 11.9 Å². The Labute approximate surface area is 123 Å². The molecule has 0 aliphatic heterocycles. The van der Waals surface area contributed by atoms with Crippen molar-refractivity contribution in [3.8, 4) is 0 Å². The minimum atomic E-state index is -0.532. The predicted octanol–water partition coefficient (Wildman–Crippen LogP) is 3.72. The number of carbonyl (C=O) groups excluding carboxylic acids is 1. The van der Waals surface area contributed by atoms with Crippen LogP contribution in [0.2, 0.25) is 5.02 Å². The number of nitrogens with one attached hydrogen (secondary N) is 1. The van der Waals surface area contributed by atoms with Gasteiger partial charge >= 0.3 is 0 Å². The molecule has 0 aromatic heterocycles. The van der Waals surface area contributed by atoms with Gasteiger partial charge in [0.2, 0.25) is 5.91 Å². The van der Waals surface area contributed by atoms with Crippen molar-refractivity contribution < 1.29 is 9.18 Å². The Kier molecular flexibility index (Phi) is 5.00. The Morgan fingerprint density at radius 1 is 1.35 bits per heavy atom. The fourth-order valence-corrected chi connectivity index (χ4v) is 2.99. The minimum absolute atomic E-state index is 0.0497. The molecule has 0 heterocycles. The maximum atomic E-state index is 13.3. The Morgan fingerprint density at radius 3 is 2.65 bits per heavy atom. The fraction of sp³-hybridized carbons (Fsp3) is 0.533. The van der Waals surface area contributed by atoms with E-state index in [-0.39, 0.29) is 16.3 Å². The molecule has 1 aliphatic carbocycles. The van der Waals surface area contributed by atoms with Crippen LogP contribution in [0.5, 0.6) is 0 Å². The SMILES string of the molecule is NCC1(CC(=O)Nc2ccc(Cl)c(F)c2)CCCCC1. The zero-order chi connectivity index (χ0) is 14.6. The monoisotopic (exact) mass is 298 g/mol. The average Bonchev–Trinajstić information content (AvgIpc) is 2.44. The van der Waals surface area contributed by atoms with E-state index in [9.17, 15) is 9.18 Å². The maximum absolute atomic E-state index is 13.3. The molecule has 20 heavy (non-hydrogen) atoms. The number of anilines is 1. The highest BCUT2D eigenvalue weighted by Gasteiger charge is 2.32. The summed E-state index contributed by atoms with van der Waals surface area (Å²) in [5, 5.41) is 2.77. The van der Waals surface area contributed by atoms with Crippen LogP contribution in [-0.2, 0) is 4.79 Å². The van der Waals surface area contributed by atoms with E-state index in [0.29, 0.717) is 18.7 Å². The van der Waals surface area contributed by atoms with Crippen LogP contribution in [0.15, 0.2) is 18.2 Å². The van der Waals surface area contributed by atoms with Gasteiger partial charge in [0.05, 0.1) is 5.02 Å². The van der Waals surface area contributed by atoms with E-state index in [4.69, 9.17) is 17.3 Å². The van der Waals surface area contributed by atoms with Gasteiger partial charge in [-0.1, -0.05) is 30.9 Å². The van der Waals surface area contributed by atoms with Crippen molar-refractivity contribution in [2.24, 2.45) is 11.1 Å². The van der Waals surface area contributed by atoms with Crippen LogP contribution in [0, 0.1) is 11.2 Å². The second-order valence-corrected chi connectivity index (χ2v) is 6.03. The molecule has 3 N–H and O–H groups in total. The normalized spacial score (nSPS) is 17.8. The quantitative estimate of drug-likeness (QED) is 0.890. The summed E-state index contributed by atoms with van der Waals surface area (Å²) < 4.78 is 13.3. The standard InChI is InChI=1S/C15H20ClFN2O/c16-12-5-4-11(8-13(12)17)19-14(20)9-15(10-18)6-2-1-3-7-15/h4-5,8H,1-3,6-7,9-10,18H2,(H,19,20). The molecule has 1 aromatic carbocycles. The van der Waals surface area contributed by atoms with Gasteiger partial charge < -0.3 is 11.1 Å². The first kappa shape index (κ1) is 15.3. The number of amides is 1. The summed E-state index contributed by atoms with van der Waals surface area (Å²) in [6.07, 6.45) is 5.84. The van der Waals surface area contributed by atoms with Gasteiger partial charge in [-0.05, 0) is 43.0 Å². The highest BCUT2D eigenvalue weighted by molar-refractivity contribution is 6.30. The molecular weight excluding hydrogens is 279 g/mol. The fourth-order valence-electron chi connectivity index (χ4n) is 2.87. The average molecular weight is 299 g/mol. The number of halogens is 2. The number of nitrogens with two attached hydrogens (primary N) is 1. The molecule has 1 amide bonds. The largest absolute Gasteiger partial charge is 0.330 e. The molecule has 3 nitrogen and oxygen atoms in total. The Bertz CT molecular complexity index is 487. The van der Waals surface area contributed by atoms with Crippen LogP contribution < -0.4 is 11.1 Å². The molecule has 0 bridgehead atoms. The van der Waals surface area contributed by atoms with Crippen molar-refractivity contribution >= 4 is 23.2 Å². The molecule has 1 saturated carbocycles. The van der Waals surface area contributed by atoms with E-state index in [2.05, 4.69) is 5.32 Å². The highest BCUT2D eigenvalue weighted by atomic mass is 35.5. The lowest BCUT2D eigenvalue weighted by molar-refractivity contribution is -0.118. The zero-order valence-electron chi connectivity index (χ0n) is 11.4. The first-order chi connectivity index (χ1) is 9.54.